The molecule has 0 aromatic carbocycles. The Labute approximate surface area is 72.8 Å². The van der Waals surface area contributed by atoms with E-state index in [0.717, 1.165) is 0 Å². The molecule has 0 aliphatic carbocycles. The van der Waals surface area contributed by atoms with Crippen molar-refractivity contribution in [1.82, 2.24) is 0 Å². The van der Waals surface area contributed by atoms with Crippen LogP contribution in [0.5, 0.6) is 0 Å². The summed E-state index contributed by atoms with van der Waals surface area (Å²) in [6, 6.07) is 0. The van der Waals surface area contributed by atoms with Crippen molar-refractivity contribution in [3.05, 3.63) is 0 Å². The molecule has 2 heterocycles. The second kappa shape index (κ2) is 2.81. The van der Waals surface area contributed by atoms with Crippen molar-refractivity contribution in [2.45, 2.75) is 6.42 Å². The Hall–Kier alpha value is -1.98. The Balaban J connectivity index is 2.09. The first-order valence-corrected chi connectivity index (χ1v) is 3.40. The molecule has 2 aliphatic rings. The number of carbonyl (C=O) groups is 2. The molecular formula is C7H2N4O2-2. The molecule has 6 nitrogen and oxygen atoms in total. The third-order valence-electron chi connectivity index (χ3n) is 1.50. The van der Waals surface area contributed by atoms with E-state index in [0.29, 0.717) is 0 Å². The van der Waals surface area contributed by atoms with E-state index in [1.807, 2.05) is 0 Å². The van der Waals surface area contributed by atoms with E-state index in [1.165, 1.54) is 0 Å². The molecular weight excluding hydrogens is 172 g/mol. The molecule has 2 rings (SSSR count). The number of hydrogen-bond acceptors (Lipinski definition) is 4. The van der Waals surface area contributed by atoms with Gasteiger partial charge in [-0.25, -0.2) is 0 Å². The van der Waals surface area contributed by atoms with Gasteiger partial charge in [0.05, 0.1) is 0 Å². The first kappa shape index (κ1) is 7.66. The smallest absolute Gasteiger partial charge is 0.131 e. The fourth-order valence-corrected chi connectivity index (χ4v) is 0.875. The van der Waals surface area contributed by atoms with Gasteiger partial charge < -0.3 is 29.6 Å². The first-order valence-electron chi connectivity index (χ1n) is 3.40. The van der Waals surface area contributed by atoms with Crippen LogP contribution in [0.25, 0.3) is 0 Å². The standard InChI is InChI=1S/C7H2N4O2/c12-6-4(8-2-10-6)1-5-7(13)11-3-9-5/h1H2/q-2. The molecule has 0 aromatic rings. The minimum Gasteiger partial charge on any atom is -0.378 e. The Morgan fingerprint density at radius 3 is 1.69 bits per heavy atom. The van der Waals surface area contributed by atoms with Gasteiger partial charge in [0.2, 0.25) is 0 Å². The summed E-state index contributed by atoms with van der Waals surface area (Å²) in [5.74, 6) is -0.968. The lowest BCUT2D eigenvalue weighted by Gasteiger charge is -2.09. The van der Waals surface area contributed by atoms with Crippen LogP contribution in [0.1, 0.15) is 6.42 Å². The van der Waals surface area contributed by atoms with Crippen LogP contribution in [0.2, 0.25) is 0 Å². The molecule has 0 unspecified atom stereocenters. The number of aliphatic imine (C=N–C) groups is 4. The summed E-state index contributed by atoms with van der Waals surface area (Å²) in [4.78, 5) is 35.5. The lowest BCUT2D eigenvalue weighted by molar-refractivity contribution is -0.112. The predicted octanol–water partition coefficient (Wildman–Crippen LogP) is -0.851. The summed E-state index contributed by atoms with van der Waals surface area (Å²) in [5.41, 5.74) is 0.317. The summed E-state index contributed by atoms with van der Waals surface area (Å²) in [6.07, 6.45) is 4.36. The number of nitrogens with zero attached hydrogens (tertiary/aromatic N) is 4. The maximum Gasteiger partial charge on any atom is 0.131 e. The van der Waals surface area contributed by atoms with Crippen LogP contribution in [-0.2, 0) is 9.59 Å². The average Bonchev–Trinajstić information content (AvgIpc) is 2.65. The highest BCUT2D eigenvalue weighted by Crippen LogP contribution is 2.02. The zero-order chi connectivity index (χ0) is 9.26. The Kier molecular flexibility index (Phi) is 1.66. The van der Waals surface area contributed by atoms with Crippen LogP contribution in [-0.4, -0.2) is 35.9 Å². The molecule has 0 saturated carbocycles. The van der Waals surface area contributed by atoms with E-state index in [1.54, 1.807) is 0 Å². The zero-order valence-corrected chi connectivity index (χ0v) is 6.31. The van der Waals surface area contributed by atoms with Crippen LogP contribution in [0, 0.1) is 0 Å². The van der Waals surface area contributed by atoms with Gasteiger partial charge >= 0.3 is 0 Å². The molecule has 64 valence electrons. The maximum atomic E-state index is 10.9. The quantitative estimate of drug-likeness (QED) is 0.510. The van der Waals surface area contributed by atoms with Gasteiger partial charge in [0, 0.05) is 12.7 Å². The topological polar surface area (TPSA) is 83.6 Å². The lowest BCUT2D eigenvalue weighted by atomic mass is 10.1. The number of rotatable bonds is 2. The molecule has 0 saturated heterocycles. The van der Waals surface area contributed by atoms with Gasteiger partial charge in [-0.3, -0.25) is 0 Å². The van der Waals surface area contributed by atoms with Crippen LogP contribution >= 0.6 is 0 Å². The summed E-state index contributed by atoms with van der Waals surface area (Å²) in [5, 5.41) is 0. The van der Waals surface area contributed by atoms with Crippen molar-refractivity contribution in [1.29, 1.82) is 0 Å². The van der Waals surface area contributed by atoms with E-state index in [9.17, 15) is 9.59 Å². The van der Waals surface area contributed by atoms with E-state index >= 15 is 0 Å². The minimum absolute atomic E-state index is 0.0463. The highest BCUT2D eigenvalue weighted by molar-refractivity contribution is 6.54. The molecule has 0 atom stereocenters. The molecule has 0 N–H and O–H groups in total. The number of carbonyl (C=O) groups excluding carboxylic acids is 2. The molecule has 2 amide bonds. The van der Waals surface area contributed by atoms with Crippen LogP contribution in [0.4, 0.5) is 0 Å². The van der Waals surface area contributed by atoms with Gasteiger partial charge in [-0.1, -0.05) is 17.8 Å². The highest BCUT2D eigenvalue weighted by atomic mass is 16.2. The maximum absolute atomic E-state index is 10.9. The Bertz CT molecular complexity index is 365. The normalized spacial score (nSPS) is 19.7. The van der Waals surface area contributed by atoms with Crippen LogP contribution < -0.4 is 0 Å². The fraction of sp³-hybridized carbons (Fsp3) is 0.143. The fourth-order valence-electron chi connectivity index (χ4n) is 0.875. The van der Waals surface area contributed by atoms with Crippen molar-refractivity contribution in [3.63, 3.8) is 0 Å². The molecule has 0 fully saturated rings. The van der Waals surface area contributed by atoms with Gasteiger partial charge in [-0.05, 0) is 0 Å². The Morgan fingerprint density at radius 2 is 1.38 bits per heavy atom. The third-order valence-corrected chi connectivity index (χ3v) is 1.50. The lowest BCUT2D eigenvalue weighted by Crippen LogP contribution is -2.17. The largest absolute Gasteiger partial charge is 0.378 e. The summed E-state index contributed by atoms with van der Waals surface area (Å²) in [6.45, 7) is 0. The van der Waals surface area contributed by atoms with Gasteiger partial charge in [0.25, 0.3) is 0 Å². The molecule has 13 heavy (non-hydrogen) atoms. The van der Waals surface area contributed by atoms with Crippen molar-refractivity contribution in [2.75, 3.05) is 0 Å². The summed E-state index contributed by atoms with van der Waals surface area (Å²) < 4.78 is 0. The van der Waals surface area contributed by atoms with Crippen molar-refractivity contribution in [3.8, 4) is 0 Å². The second-order valence-electron chi connectivity index (χ2n) is 2.33. The highest BCUT2D eigenvalue weighted by Gasteiger charge is 2.06. The molecule has 0 aromatic heterocycles. The van der Waals surface area contributed by atoms with Crippen molar-refractivity contribution >= 4 is 35.9 Å². The average molecular weight is 174 g/mol. The van der Waals surface area contributed by atoms with Gasteiger partial charge in [-0.2, -0.15) is 0 Å². The molecule has 0 radical (unpaired) electrons. The van der Waals surface area contributed by atoms with E-state index in [4.69, 9.17) is 0 Å². The van der Waals surface area contributed by atoms with Crippen molar-refractivity contribution < 1.29 is 9.59 Å². The second-order valence-corrected chi connectivity index (χ2v) is 2.33. The summed E-state index contributed by atoms with van der Waals surface area (Å²) in [7, 11) is 0. The van der Waals surface area contributed by atoms with E-state index in [-0.39, 0.29) is 17.8 Å². The van der Waals surface area contributed by atoms with E-state index in [2.05, 4.69) is 32.6 Å². The van der Waals surface area contributed by atoms with Crippen LogP contribution in [0.15, 0.2) is 20.0 Å². The molecule has 0 spiro atoms. The van der Waals surface area contributed by atoms with Gasteiger partial charge in [0.15, 0.2) is 0 Å². The number of amides is 2. The molecule has 2 aliphatic heterocycles. The van der Waals surface area contributed by atoms with Crippen LogP contribution in [0.3, 0.4) is 0 Å². The number of hydrogen-bond donors (Lipinski definition) is 0. The monoisotopic (exact) mass is 174 g/mol. The third kappa shape index (κ3) is 1.33. The Morgan fingerprint density at radius 1 is 0.923 bits per heavy atom. The van der Waals surface area contributed by atoms with Gasteiger partial charge in [-0.15, -0.1) is 0 Å². The van der Waals surface area contributed by atoms with Crippen molar-refractivity contribution in [2.24, 2.45) is 20.0 Å². The first-order chi connectivity index (χ1) is 6.27. The molecule has 0 bridgehead atoms. The predicted molar refractivity (Wildman–Crippen MR) is 44.4 cm³/mol. The summed E-state index contributed by atoms with van der Waals surface area (Å²) >= 11 is 0. The zero-order valence-electron chi connectivity index (χ0n) is 6.31. The SMILES string of the molecule is O=C1N=[C-]N=C1CC1=N[C-]=NC1=O. The molecule has 6 heteroatoms. The minimum atomic E-state index is -0.484. The van der Waals surface area contributed by atoms with Gasteiger partial charge in [0.1, 0.15) is 11.8 Å². The van der Waals surface area contributed by atoms with E-state index < -0.39 is 11.8 Å².